The first-order valence-electron chi connectivity index (χ1n) is 7.44. The van der Waals surface area contributed by atoms with E-state index in [2.05, 4.69) is 10.5 Å². The number of phenols is 1. The highest BCUT2D eigenvalue weighted by molar-refractivity contribution is 6.03. The maximum Gasteiger partial charge on any atom is 0.271 e. The summed E-state index contributed by atoms with van der Waals surface area (Å²) in [6, 6.07) is 9.57. The summed E-state index contributed by atoms with van der Waals surface area (Å²) in [5, 5.41) is 14.0. The molecule has 0 aliphatic rings. The van der Waals surface area contributed by atoms with Gasteiger partial charge in [0, 0.05) is 11.1 Å². The SMILES string of the molecule is COc1ccc(O)c(/C(C)=N/NC(=O)c2ccc(OC)c(OC)c2)c1. The first-order valence-corrected chi connectivity index (χ1v) is 7.44. The van der Waals surface area contributed by atoms with E-state index in [4.69, 9.17) is 14.2 Å². The number of carbonyl (C=O) groups excluding carboxylic acids is 1. The number of phenolic OH excluding ortho intramolecular Hbond substituents is 1. The van der Waals surface area contributed by atoms with Gasteiger partial charge >= 0.3 is 0 Å². The van der Waals surface area contributed by atoms with E-state index in [9.17, 15) is 9.90 Å². The zero-order valence-electron chi connectivity index (χ0n) is 14.5. The molecule has 0 fully saturated rings. The predicted octanol–water partition coefficient (Wildman–Crippen LogP) is 2.57. The van der Waals surface area contributed by atoms with Crippen molar-refractivity contribution in [1.29, 1.82) is 0 Å². The molecule has 2 N–H and O–H groups in total. The van der Waals surface area contributed by atoms with Gasteiger partial charge < -0.3 is 19.3 Å². The molecule has 0 heterocycles. The van der Waals surface area contributed by atoms with Crippen LogP contribution in [-0.2, 0) is 0 Å². The predicted molar refractivity (Wildman–Crippen MR) is 93.9 cm³/mol. The van der Waals surface area contributed by atoms with Crippen LogP contribution in [0.3, 0.4) is 0 Å². The van der Waals surface area contributed by atoms with Gasteiger partial charge in [-0.15, -0.1) is 0 Å². The molecule has 132 valence electrons. The Balaban J connectivity index is 2.19. The number of rotatable bonds is 6. The molecule has 1 amide bonds. The van der Waals surface area contributed by atoms with E-state index >= 15 is 0 Å². The second-order valence-electron chi connectivity index (χ2n) is 5.09. The van der Waals surface area contributed by atoms with Crippen LogP contribution >= 0.6 is 0 Å². The van der Waals surface area contributed by atoms with Crippen LogP contribution in [0.4, 0.5) is 0 Å². The Kier molecular flexibility index (Phi) is 5.84. The molecule has 7 nitrogen and oxygen atoms in total. The lowest BCUT2D eigenvalue weighted by Gasteiger charge is -2.09. The molecule has 0 aliphatic carbocycles. The van der Waals surface area contributed by atoms with Crippen molar-refractivity contribution in [2.45, 2.75) is 6.92 Å². The molecule has 0 radical (unpaired) electrons. The largest absolute Gasteiger partial charge is 0.507 e. The number of nitrogens with zero attached hydrogens (tertiary/aromatic N) is 1. The van der Waals surface area contributed by atoms with E-state index in [0.29, 0.717) is 34.1 Å². The summed E-state index contributed by atoms with van der Waals surface area (Å²) in [4.78, 5) is 12.3. The lowest BCUT2D eigenvalue weighted by atomic mass is 10.1. The van der Waals surface area contributed by atoms with E-state index < -0.39 is 5.91 Å². The Bertz CT molecular complexity index is 802. The first-order chi connectivity index (χ1) is 12.0. The molecule has 25 heavy (non-hydrogen) atoms. The molecule has 0 spiro atoms. The highest BCUT2D eigenvalue weighted by atomic mass is 16.5. The lowest BCUT2D eigenvalue weighted by molar-refractivity contribution is 0.0954. The van der Waals surface area contributed by atoms with Gasteiger partial charge in [0.2, 0.25) is 0 Å². The van der Waals surface area contributed by atoms with Gasteiger partial charge in [-0.05, 0) is 43.3 Å². The van der Waals surface area contributed by atoms with Crippen LogP contribution in [0, 0.1) is 0 Å². The molecule has 0 atom stereocenters. The van der Waals surface area contributed by atoms with Crippen LogP contribution in [-0.4, -0.2) is 38.1 Å². The van der Waals surface area contributed by atoms with Crippen LogP contribution in [0.5, 0.6) is 23.0 Å². The minimum absolute atomic E-state index is 0.0439. The molecule has 0 unspecified atom stereocenters. The molecular formula is C18H20N2O5. The van der Waals surface area contributed by atoms with Crippen molar-refractivity contribution in [2.75, 3.05) is 21.3 Å². The van der Waals surface area contributed by atoms with Crippen LogP contribution in [0.25, 0.3) is 0 Å². The number of carbonyl (C=O) groups is 1. The smallest absolute Gasteiger partial charge is 0.271 e. The minimum Gasteiger partial charge on any atom is -0.507 e. The fourth-order valence-corrected chi connectivity index (χ4v) is 2.17. The Morgan fingerprint density at radius 2 is 1.72 bits per heavy atom. The Hall–Kier alpha value is -3.22. The third-order valence-electron chi connectivity index (χ3n) is 3.56. The van der Waals surface area contributed by atoms with Gasteiger partial charge in [0.1, 0.15) is 11.5 Å². The van der Waals surface area contributed by atoms with Crippen LogP contribution in [0.1, 0.15) is 22.8 Å². The summed E-state index contributed by atoms with van der Waals surface area (Å²) in [5.41, 5.74) is 3.72. The second-order valence-corrected chi connectivity index (χ2v) is 5.09. The number of hydrogen-bond acceptors (Lipinski definition) is 6. The highest BCUT2D eigenvalue weighted by Gasteiger charge is 2.11. The quantitative estimate of drug-likeness (QED) is 0.621. The van der Waals surface area contributed by atoms with Crippen LogP contribution < -0.4 is 19.6 Å². The molecule has 0 aromatic heterocycles. The fourth-order valence-electron chi connectivity index (χ4n) is 2.17. The molecule has 0 saturated heterocycles. The van der Waals surface area contributed by atoms with Crippen molar-refractivity contribution in [3.05, 3.63) is 47.5 Å². The second kappa shape index (κ2) is 8.05. The van der Waals surface area contributed by atoms with Crippen LogP contribution in [0.2, 0.25) is 0 Å². The van der Waals surface area contributed by atoms with Crippen LogP contribution in [0.15, 0.2) is 41.5 Å². The standard InChI is InChI=1S/C18H20N2O5/c1-11(14-10-13(23-2)6-7-15(14)21)19-20-18(22)12-5-8-16(24-3)17(9-12)25-4/h5-10,21H,1-4H3,(H,20,22)/b19-11+. The van der Waals surface area contributed by atoms with Gasteiger partial charge in [-0.1, -0.05) is 0 Å². The summed E-state index contributed by atoms with van der Waals surface area (Å²) >= 11 is 0. The van der Waals surface area contributed by atoms with Gasteiger partial charge in [0.25, 0.3) is 5.91 Å². The highest BCUT2D eigenvalue weighted by Crippen LogP contribution is 2.27. The third-order valence-corrected chi connectivity index (χ3v) is 3.56. The number of methoxy groups -OCH3 is 3. The number of nitrogens with one attached hydrogen (secondary N) is 1. The Morgan fingerprint density at radius 3 is 2.36 bits per heavy atom. The van der Waals surface area contributed by atoms with Crippen molar-refractivity contribution in [3.8, 4) is 23.0 Å². The normalized spacial score (nSPS) is 11.0. The zero-order valence-corrected chi connectivity index (χ0v) is 14.5. The Labute approximate surface area is 145 Å². The molecular weight excluding hydrogens is 324 g/mol. The van der Waals surface area contributed by atoms with E-state index in [1.54, 1.807) is 37.3 Å². The van der Waals surface area contributed by atoms with E-state index in [-0.39, 0.29) is 5.75 Å². The summed E-state index contributed by atoms with van der Waals surface area (Å²) in [6.45, 7) is 1.67. The number of benzene rings is 2. The number of hydrogen-bond donors (Lipinski definition) is 2. The summed E-state index contributed by atoms with van der Waals surface area (Å²) in [7, 11) is 4.54. The molecule has 2 aromatic rings. The molecule has 2 rings (SSSR count). The fraction of sp³-hybridized carbons (Fsp3) is 0.222. The minimum atomic E-state index is -0.414. The van der Waals surface area contributed by atoms with E-state index in [1.165, 1.54) is 27.4 Å². The Morgan fingerprint density at radius 1 is 1.00 bits per heavy atom. The molecule has 2 aromatic carbocycles. The van der Waals surface area contributed by atoms with Crippen molar-refractivity contribution in [1.82, 2.24) is 5.43 Å². The average molecular weight is 344 g/mol. The van der Waals surface area contributed by atoms with Gasteiger partial charge in [-0.3, -0.25) is 4.79 Å². The van der Waals surface area contributed by atoms with E-state index in [1.807, 2.05) is 0 Å². The average Bonchev–Trinajstić information content (AvgIpc) is 2.65. The number of hydrazone groups is 1. The van der Waals surface area contributed by atoms with Crippen molar-refractivity contribution < 1.29 is 24.1 Å². The van der Waals surface area contributed by atoms with Crippen molar-refractivity contribution in [2.24, 2.45) is 5.10 Å². The summed E-state index contributed by atoms with van der Waals surface area (Å²) in [5.74, 6) is 1.18. The molecule has 0 bridgehead atoms. The number of amides is 1. The van der Waals surface area contributed by atoms with Crippen molar-refractivity contribution >= 4 is 11.6 Å². The zero-order chi connectivity index (χ0) is 18.4. The molecule has 0 saturated carbocycles. The summed E-state index contributed by atoms with van der Waals surface area (Å²) < 4.78 is 15.4. The van der Waals surface area contributed by atoms with Gasteiger partial charge in [0.15, 0.2) is 11.5 Å². The maximum atomic E-state index is 12.3. The topological polar surface area (TPSA) is 89.4 Å². The first kappa shape index (κ1) is 18.1. The van der Waals surface area contributed by atoms with Gasteiger partial charge in [-0.2, -0.15) is 5.10 Å². The van der Waals surface area contributed by atoms with Crippen molar-refractivity contribution in [3.63, 3.8) is 0 Å². The lowest BCUT2D eigenvalue weighted by Crippen LogP contribution is -2.19. The van der Waals surface area contributed by atoms with E-state index in [0.717, 1.165) is 0 Å². The van der Waals surface area contributed by atoms with Gasteiger partial charge in [0.05, 0.1) is 27.0 Å². The number of ether oxygens (including phenoxy) is 3. The number of aromatic hydroxyl groups is 1. The third kappa shape index (κ3) is 4.20. The molecule has 0 aliphatic heterocycles. The monoisotopic (exact) mass is 344 g/mol. The maximum absolute atomic E-state index is 12.3. The molecule has 7 heteroatoms. The van der Waals surface area contributed by atoms with Gasteiger partial charge in [-0.25, -0.2) is 5.43 Å². The summed E-state index contributed by atoms with van der Waals surface area (Å²) in [6.07, 6.45) is 0.